The summed E-state index contributed by atoms with van der Waals surface area (Å²) in [7, 11) is -4.26. The Balaban J connectivity index is 1.85. The Bertz CT molecular complexity index is 908. The van der Waals surface area contributed by atoms with Gasteiger partial charge in [0.05, 0.1) is 24.0 Å². The molecule has 0 bridgehead atoms. The van der Waals surface area contributed by atoms with E-state index in [0.29, 0.717) is 11.3 Å². The van der Waals surface area contributed by atoms with E-state index in [1.54, 1.807) is 36.4 Å². The molecule has 0 spiro atoms. The third-order valence-electron chi connectivity index (χ3n) is 3.66. The van der Waals surface area contributed by atoms with Crippen molar-refractivity contribution in [1.29, 1.82) is 5.26 Å². The summed E-state index contributed by atoms with van der Waals surface area (Å²) in [6.45, 7) is -0.0499. The molecule has 0 aliphatic heterocycles. The van der Waals surface area contributed by atoms with E-state index in [1.807, 2.05) is 24.3 Å². The van der Waals surface area contributed by atoms with Gasteiger partial charge in [-0.25, -0.2) is 4.79 Å². The van der Waals surface area contributed by atoms with Gasteiger partial charge in [-0.15, -0.1) is 0 Å². The van der Waals surface area contributed by atoms with Gasteiger partial charge in [0.2, 0.25) is 0 Å². The lowest BCUT2D eigenvalue weighted by Gasteiger charge is -2.17. The molecular weight excluding hydrogens is 384 g/mol. The molecule has 0 saturated carbocycles. The minimum absolute atomic E-state index is 0.0648. The third-order valence-corrected chi connectivity index (χ3v) is 4.56. The van der Waals surface area contributed by atoms with Gasteiger partial charge in [-0.05, 0) is 29.8 Å². The van der Waals surface area contributed by atoms with Crippen LogP contribution in [0.4, 0.5) is 4.79 Å². The zero-order valence-corrected chi connectivity index (χ0v) is 15.8. The Morgan fingerprint density at radius 1 is 1.14 bits per heavy atom. The van der Waals surface area contributed by atoms with Crippen LogP contribution < -0.4 is 10.1 Å². The Morgan fingerprint density at radius 2 is 1.82 bits per heavy atom. The maximum Gasteiger partial charge on any atom is 0.407 e. The maximum atomic E-state index is 11.8. The molecule has 0 radical (unpaired) electrons. The van der Waals surface area contributed by atoms with Gasteiger partial charge < -0.3 is 14.8 Å². The SMILES string of the molecule is N#Cc1ccc(OC[C@@H](CNC(=O)OCc2ccccc2)CS(=O)(=O)O)cc1. The zero-order valence-electron chi connectivity index (χ0n) is 14.9. The van der Waals surface area contributed by atoms with Crippen LogP contribution in [0, 0.1) is 17.2 Å². The van der Waals surface area contributed by atoms with Gasteiger partial charge in [0.25, 0.3) is 10.1 Å². The number of benzene rings is 2. The van der Waals surface area contributed by atoms with Crippen LogP contribution in [0.3, 0.4) is 0 Å². The first kappa shape index (κ1) is 21.2. The van der Waals surface area contributed by atoms with Crippen molar-refractivity contribution in [3.05, 3.63) is 65.7 Å². The van der Waals surface area contributed by atoms with Gasteiger partial charge in [0.1, 0.15) is 12.4 Å². The van der Waals surface area contributed by atoms with Crippen molar-refractivity contribution in [2.75, 3.05) is 18.9 Å². The van der Waals surface area contributed by atoms with E-state index in [4.69, 9.17) is 19.3 Å². The van der Waals surface area contributed by atoms with E-state index in [2.05, 4.69) is 5.32 Å². The molecule has 8 nitrogen and oxygen atoms in total. The molecule has 0 aliphatic carbocycles. The van der Waals surface area contributed by atoms with Gasteiger partial charge in [0, 0.05) is 12.5 Å². The first-order chi connectivity index (χ1) is 13.4. The summed E-state index contributed by atoms with van der Waals surface area (Å²) < 4.78 is 42.1. The van der Waals surface area contributed by atoms with E-state index in [9.17, 15) is 13.2 Å². The Kier molecular flexibility index (Phi) is 7.80. The van der Waals surface area contributed by atoms with Gasteiger partial charge >= 0.3 is 6.09 Å². The molecule has 2 aromatic carbocycles. The first-order valence-electron chi connectivity index (χ1n) is 8.38. The molecular formula is C19H20N2O6S. The van der Waals surface area contributed by atoms with Crippen LogP contribution in [0.15, 0.2) is 54.6 Å². The fourth-order valence-electron chi connectivity index (χ4n) is 2.31. The second-order valence-electron chi connectivity index (χ2n) is 6.00. The van der Waals surface area contributed by atoms with Gasteiger partial charge in [-0.3, -0.25) is 4.55 Å². The highest BCUT2D eigenvalue weighted by Gasteiger charge is 2.19. The quantitative estimate of drug-likeness (QED) is 0.615. The largest absolute Gasteiger partial charge is 0.493 e. The summed E-state index contributed by atoms with van der Waals surface area (Å²) in [4.78, 5) is 11.8. The molecule has 28 heavy (non-hydrogen) atoms. The number of nitrogens with zero attached hydrogens (tertiary/aromatic N) is 1. The van der Waals surface area contributed by atoms with Crippen LogP contribution in [-0.2, 0) is 21.5 Å². The fourth-order valence-corrected chi connectivity index (χ4v) is 3.12. The van der Waals surface area contributed by atoms with Crippen molar-refractivity contribution in [3.8, 4) is 11.8 Å². The van der Waals surface area contributed by atoms with E-state index < -0.39 is 27.9 Å². The monoisotopic (exact) mass is 404 g/mol. The Morgan fingerprint density at radius 3 is 2.43 bits per heavy atom. The molecule has 0 aliphatic rings. The minimum Gasteiger partial charge on any atom is -0.493 e. The average molecular weight is 404 g/mol. The number of alkyl carbamates (subject to hydrolysis) is 1. The normalized spacial score (nSPS) is 11.9. The Hall–Kier alpha value is -3.09. The summed E-state index contributed by atoms with van der Waals surface area (Å²) in [5, 5.41) is 11.2. The predicted octanol–water partition coefficient (Wildman–Crippen LogP) is 2.37. The second-order valence-corrected chi connectivity index (χ2v) is 7.50. The van der Waals surface area contributed by atoms with Crippen LogP contribution in [0.25, 0.3) is 0 Å². The maximum absolute atomic E-state index is 11.8. The molecule has 0 fully saturated rings. The number of hydrogen-bond donors (Lipinski definition) is 2. The lowest BCUT2D eigenvalue weighted by Crippen LogP contribution is -2.35. The van der Waals surface area contributed by atoms with Gasteiger partial charge in [0.15, 0.2) is 0 Å². The predicted molar refractivity (Wildman–Crippen MR) is 101 cm³/mol. The molecule has 148 valence electrons. The van der Waals surface area contributed by atoms with E-state index in [0.717, 1.165) is 5.56 Å². The van der Waals surface area contributed by atoms with Crippen LogP contribution in [0.1, 0.15) is 11.1 Å². The molecule has 9 heteroatoms. The summed E-state index contributed by atoms with van der Waals surface area (Å²) in [6.07, 6.45) is -0.706. The highest BCUT2D eigenvalue weighted by molar-refractivity contribution is 7.85. The Labute approximate surface area is 163 Å². The molecule has 1 atom stereocenters. The number of nitriles is 1. The molecule has 0 saturated heterocycles. The number of ether oxygens (including phenoxy) is 2. The lowest BCUT2D eigenvalue weighted by molar-refractivity contribution is 0.136. The summed E-state index contributed by atoms with van der Waals surface area (Å²) in [5.41, 5.74) is 1.28. The van der Waals surface area contributed by atoms with Crippen LogP contribution in [0.5, 0.6) is 5.75 Å². The number of rotatable bonds is 9. The molecule has 2 aromatic rings. The van der Waals surface area contributed by atoms with Crippen molar-refractivity contribution >= 4 is 16.2 Å². The molecule has 0 aromatic heterocycles. The lowest BCUT2D eigenvalue weighted by atomic mass is 10.2. The topological polar surface area (TPSA) is 126 Å². The van der Waals surface area contributed by atoms with E-state index in [-0.39, 0.29) is 19.8 Å². The van der Waals surface area contributed by atoms with Crippen molar-refractivity contribution in [1.82, 2.24) is 5.32 Å². The van der Waals surface area contributed by atoms with Crippen molar-refractivity contribution in [2.45, 2.75) is 6.61 Å². The standard InChI is InChI=1S/C19H20N2O6S/c20-10-15-6-8-18(9-7-15)26-13-17(14-28(23,24)25)11-21-19(22)27-12-16-4-2-1-3-5-16/h1-9,17H,11-14H2,(H,21,22)(H,23,24,25)/t17-/m1/s1. The van der Waals surface area contributed by atoms with Crippen LogP contribution in [-0.4, -0.2) is 38.0 Å². The van der Waals surface area contributed by atoms with E-state index >= 15 is 0 Å². The van der Waals surface area contributed by atoms with Crippen LogP contribution >= 0.6 is 0 Å². The van der Waals surface area contributed by atoms with Crippen molar-refractivity contribution < 1.29 is 27.2 Å². The zero-order chi connectivity index (χ0) is 20.4. The van der Waals surface area contributed by atoms with Gasteiger partial charge in [-0.2, -0.15) is 13.7 Å². The van der Waals surface area contributed by atoms with E-state index in [1.165, 1.54) is 0 Å². The molecule has 2 rings (SSSR count). The minimum atomic E-state index is -4.26. The summed E-state index contributed by atoms with van der Waals surface area (Å²) >= 11 is 0. The third kappa shape index (κ3) is 8.07. The summed E-state index contributed by atoms with van der Waals surface area (Å²) in [6, 6.07) is 17.3. The fraction of sp³-hybridized carbons (Fsp3) is 0.263. The highest BCUT2D eigenvalue weighted by atomic mass is 32.2. The highest BCUT2D eigenvalue weighted by Crippen LogP contribution is 2.13. The second kappa shape index (κ2) is 10.3. The first-order valence-corrected chi connectivity index (χ1v) is 9.99. The summed E-state index contributed by atoms with van der Waals surface area (Å²) in [5.74, 6) is -0.844. The molecule has 1 amide bonds. The number of hydrogen-bond acceptors (Lipinski definition) is 6. The number of amides is 1. The van der Waals surface area contributed by atoms with Crippen molar-refractivity contribution in [2.24, 2.45) is 5.92 Å². The van der Waals surface area contributed by atoms with Crippen molar-refractivity contribution in [3.63, 3.8) is 0 Å². The molecule has 2 N–H and O–H groups in total. The molecule has 0 unspecified atom stereocenters. The molecule has 0 heterocycles. The smallest absolute Gasteiger partial charge is 0.407 e. The number of carbonyl (C=O) groups excluding carboxylic acids is 1. The number of nitrogens with one attached hydrogen (secondary N) is 1. The van der Waals surface area contributed by atoms with Gasteiger partial charge in [-0.1, -0.05) is 30.3 Å². The average Bonchev–Trinajstić information content (AvgIpc) is 2.68. The van der Waals surface area contributed by atoms with Crippen LogP contribution in [0.2, 0.25) is 0 Å². The number of carbonyl (C=O) groups is 1.